The van der Waals surface area contributed by atoms with E-state index in [9.17, 15) is 0 Å². The Morgan fingerprint density at radius 2 is 0.909 bits per heavy atom. The Hall–Kier alpha value is -5.48. The van der Waals surface area contributed by atoms with Gasteiger partial charge in [-0.25, -0.2) is 0 Å². The van der Waals surface area contributed by atoms with Gasteiger partial charge in [0, 0.05) is 63.0 Å². The first-order valence-electron chi connectivity index (χ1n) is 15.1. The van der Waals surface area contributed by atoms with E-state index < -0.39 is 0 Å². The van der Waals surface area contributed by atoms with Gasteiger partial charge in [0.25, 0.3) is 0 Å². The maximum atomic E-state index is 5.74. The molecule has 0 spiro atoms. The van der Waals surface area contributed by atoms with Crippen LogP contribution in [0.5, 0.6) is 5.75 Å². The van der Waals surface area contributed by atoms with Gasteiger partial charge in [-0.15, -0.1) is 0 Å². The highest BCUT2D eigenvalue weighted by Gasteiger charge is 2.18. The first-order valence-corrected chi connectivity index (χ1v) is 15.1. The highest BCUT2D eigenvalue weighted by atomic mass is 16.5. The molecule has 216 valence electrons. The Balaban J connectivity index is 1.40. The van der Waals surface area contributed by atoms with Crippen molar-refractivity contribution in [3.63, 3.8) is 0 Å². The van der Waals surface area contributed by atoms with Crippen molar-refractivity contribution in [3.05, 3.63) is 151 Å². The second kappa shape index (κ2) is 11.7. The summed E-state index contributed by atoms with van der Waals surface area (Å²) in [6.07, 6.45) is 0. The molecule has 0 unspecified atom stereocenters. The fourth-order valence-corrected chi connectivity index (χ4v) is 6.07. The predicted molar refractivity (Wildman–Crippen MR) is 186 cm³/mol. The monoisotopic (exact) mass is 573 g/mol. The summed E-state index contributed by atoms with van der Waals surface area (Å²) in [6.45, 7) is 4.78. The average Bonchev–Trinajstić information content (AvgIpc) is 3.34. The van der Waals surface area contributed by atoms with Crippen LogP contribution in [0.4, 0.5) is 34.1 Å². The van der Waals surface area contributed by atoms with Gasteiger partial charge in [0.15, 0.2) is 0 Å². The number of para-hydroxylation sites is 2. The molecule has 6 aromatic carbocycles. The molecule has 0 radical (unpaired) electrons. The van der Waals surface area contributed by atoms with Gasteiger partial charge >= 0.3 is 0 Å². The molecule has 0 N–H and O–H groups in total. The number of hydrogen-bond acceptors (Lipinski definition) is 3. The van der Waals surface area contributed by atoms with Crippen molar-refractivity contribution in [2.75, 3.05) is 16.4 Å². The molecule has 0 fully saturated rings. The van der Waals surface area contributed by atoms with Gasteiger partial charge in [-0.2, -0.15) is 0 Å². The molecule has 44 heavy (non-hydrogen) atoms. The Bertz CT molecular complexity index is 2030. The van der Waals surface area contributed by atoms with Gasteiger partial charge in [-0.1, -0.05) is 54.1 Å². The third-order valence-corrected chi connectivity index (χ3v) is 8.22. The molecule has 0 aliphatic carbocycles. The maximum Gasteiger partial charge on any atom is 0.119 e. The summed E-state index contributed by atoms with van der Waals surface area (Å²) in [7, 11) is 2.15. The molecule has 0 amide bonds. The summed E-state index contributed by atoms with van der Waals surface area (Å²) in [6, 6.07) is 51.8. The molecule has 0 aliphatic rings. The topological polar surface area (TPSA) is 20.6 Å². The zero-order valence-corrected chi connectivity index (χ0v) is 25.3. The fraction of sp³-hybridized carbons (Fsp3) is 0.100. The lowest BCUT2D eigenvalue weighted by Gasteiger charge is -2.26. The van der Waals surface area contributed by atoms with E-state index >= 15 is 0 Å². The Morgan fingerprint density at radius 3 is 1.36 bits per heavy atom. The van der Waals surface area contributed by atoms with Crippen molar-refractivity contribution in [1.29, 1.82) is 0 Å². The van der Waals surface area contributed by atoms with Crippen molar-refractivity contribution in [3.8, 4) is 5.75 Å². The van der Waals surface area contributed by atoms with E-state index in [2.05, 4.69) is 162 Å². The van der Waals surface area contributed by atoms with Crippen molar-refractivity contribution >= 4 is 55.9 Å². The molecule has 0 atom stereocenters. The minimum atomic E-state index is 0.646. The zero-order valence-electron chi connectivity index (χ0n) is 25.3. The molecule has 0 saturated heterocycles. The molecule has 0 bridgehead atoms. The molecular formula is C40H35N3O. The quantitative estimate of drug-likeness (QED) is 0.180. The van der Waals surface area contributed by atoms with Gasteiger partial charge in [0.2, 0.25) is 0 Å². The van der Waals surface area contributed by atoms with Crippen LogP contribution in [0, 0.1) is 6.92 Å². The smallest absolute Gasteiger partial charge is 0.119 e. The van der Waals surface area contributed by atoms with Crippen LogP contribution >= 0.6 is 0 Å². The van der Waals surface area contributed by atoms with Crippen LogP contribution in [-0.4, -0.2) is 11.2 Å². The number of benzene rings is 6. The summed E-state index contributed by atoms with van der Waals surface area (Å²) in [5.41, 5.74) is 10.3. The SMILES string of the molecule is CCOc1ccc(N(c2ccccc2)c2ccc3c(c2)c2cc(N(c4ccccc4)c4ccc(C)cc4)ccc2n3C)cc1. The Kier molecular flexibility index (Phi) is 7.25. The van der Waals surface area contributed by atoms with Crippen LogP contribution in [0.2, 0.25) is 0 Å². The highest BCUT2D eigenvalue weighted by molar-refractivity contribution is 6.11. The first kappa shape index (κ1) is 27.4. The Morgan fingerprint density at radius 1 is 0.500 bits per heavy atom. The van der Waals surface area contributed by atoms with Crippen LogP contribution in [0.25, 0.3) is 21.8 Å². The molecule has 1 aromatic heterocycles. The minimum Gasteiger partial charge on any atom is -0.494 e. The lowest BCUT2D eigenvalue weighted by molar-refractivity contribution is 0.340. The largest absolute Gasteiger partial charge is 0.494 e. The predicted octanol–water partition coefficient (Wildman–Crippen LogP) is 11.0. The second-order valence-corrected chi connectivity index (χ2v) is 11.1. The number of anilines is 6. The molecule has 4 heteroatoms. The normalized spacial score (nSPS) is 11.2. The van der Waals surface area contributed by atoms with Gasteiger partial charge < -0.3 is 19.1 Å². The summed E-state index contributed by atoms with van der Waals surface area (Å²) >= 11 is 0. The fourth-order valence-electron chi connectivity index (χ4n) is 6.07. The van der Waals surface area contributed by atoms with E-state index in [0.29, 0.717) is 6.61 Å². The lowest BCUT2D eigenvalue weighted by atomic mass is 10.1. The van der Waals surface area contributed by atoms with E-state index in [0.717, 1.165) is 39.9 Å². The van der Waals surface area contributed by atoms with Gasteiger partial charge in [0.1, 0.15) is 5.75 Å². The van der Waals surface area contributed by atoms with E-state index in [-0.39, 0.29) is 0 Å². The number of hydrogen-bond donors (Lipinski definition) is 0. The molecule has 0 aliphatic heterocycles. The van der Waals surface area contributed by atoms with E-state index in [1.807, 2.05) is 19.1 Å². The number of fused-ring (bicyclic) bond motifs is 3. The molecule has 7 aromatic rings. The van der Waals surface area contributed by atoms with Crippen LogP contribution in [-0.2, 0) is 7.05 Å². The first-order chi connectivity index (χ1) is 21.6. The van der Waals surface area contributed by atoms with Crippen molar-refractivity contribution in [1.82, 2.24) is 4.57 Å². The number of aromatic nitrogens is 1. The molecule has 1 heterocycles. The molecule has 0 saturated carbocycles. The third-order valence-electron chi connectivity index (χ3n) is 8.22. The van der Waals surface area contributed by atoms with E-state index in [4.69, 9.17) is 4.74 Å². The zero-order chi connectivity index (χ0) is 30.0. The Labute approximate surface area is 259 Å². The summed E-state index contributed by atoms with van der Waals surface area (Å²) in [4.78, 5) is 4.64. The number of rotatable bonds is 8. The number of nitrogens with zero attached hydrogens (tertiary/aromatic N) is 3. The van der Waals surface area contributed by atoms with Crippen LogP contribution < -0.4 is 14.5 Å². The van der Waals surface area contributed by atoms with Crippen molar-refractivity contribution in [2.24, 2.45) is 7.05 Å². The highest BCUT2D eigenvalue weighted by Crippen LogP contribution is 2.41. The lowest BCUT2D eigenvalue weighted by Crippen LogP contribution is -2.10. The van der Waals surface area contributed by atoms with Gasteiger partial charge in [-0.05, 0) is 111 Å². The maximum absolute atomic E-state index is 5.74. The standard InChI is InChI=1S/C40H35N3O/c1-4-44-36-23-19-33(20-24-36)43(31-13-9-6-10-14-31)35-22-26-40-38(28-35)37-27-34(21-25-39(37)41(40)3)42(30-11-7-5-8-12-30)32-17-15-29(2)16-18-32/h5-28H,4H2,1-3H3. The molecule has 4 nitrogen and oxygen atoms in total. The number of aryl methyl sites for hydroxylation is 2. The third kappa shape index (κ3) is 5.05. The summed E-state index contributed by atoms with van der Waals surface area (Å²) in [5, 5.41) is 2.43. The molecule has 7 rings (SSSR count). The van der Waals surface area contributed by atoms with Gasteiger partial charge in [0.05, 0.1) is 6.61 Å². The minimum absolute atomic E-state index is 0.646. The molecular weight excluding hydrogens is 538 g/mol. The van der Waals surface area contributed by atoms with E-state index in [1.54, 1.807) is 0 Å². The van der Waals surface area contributed by atoms with Crippen LogP contribution in [0.15, 0.2) is 146 Å². The average molecular weight is 574 g/mol. The van der Waals surface area contributed by atoms with Crippen molar-refractivity contribution < 1.29 is 4.74 Å². The summed E-state index contributed by atoms with van der Waals surface area (Å²) < 4.78 is 8.03. The summed E-state index contributed by atoms with van der Waals surface area (Å²) in [5.74, 6) is 0.873. The van der Waals surface area contributed by atoms with Crippen molar-refractivity contribution in [2.45, 2.75) is 13.8 Å². The van der Waals surface area contributed by atoms with E-state index in [1.165, 1.54) is 27.4 Å². The van der Waals surface area contributed by atoms with Gasteiger partial charge in [-0.3, -0.25) is 0 Å². The number of ether oxygens (including phenoxy) is 1. The van der Waals surface area contributed by atoms with Crippen LogP contribution in [0.1, 0.15) is 12.5 Å². The second-order valence-electron chi connectivity index (χ2n) is 11.1. The van der Waals surface area contributed by atoms with Crippen LogP contribution in [0.3, 0.4) is 0 Å².